The number of fused-ring (bicyclic) bond motifs is 1. The fourth-order valence-electron chi connectivity index (χ4n) is 2.41. The average molecular weight is 351 g/mol. The lowest BCUT2D eigenvalue weighted by molar-refractivity contribution is -0.128. The van der Waals surface area contributed by atoms with Crippen LogP contribution >= 0.6 is 15.9 Å². The lowest BCUT2D eigenvalue weighted by atomic mass is 10.0. The minimum atomic E-state index is -0.425. The van der Waals surface area contributed by atoms with Gasteiger partial charge in [0.1, 0.15) is 6.54 Å². The predicted molar refractivity (Wildman–Crippen MR) is 87.1 cm³/mol. The molecule has 112 valence electrons. The molecule has 0 saturated carbocycles. The van der Waals surface area contributed by atoms with E-state index in [0.717, 1.165) is 15.4 Å². The monoisotopic (exact) mass is 350 g/mol. The van der Waals surface area contributed by atoms with Gasteiger partial charge in [0.15, 0.2) is 5.78 Å². The molecule has 0 fully saturated rings. The second-order valence-electron chi connectivity index (χ2n) is 5.55. The molecule has 0 radical (unpaired) electrons. The van der Waals surface area contributed by atoms with E-state index in [0.29, 0.717) is 0 Å². The summed E-state index contributed by atoms with van der Waals surface area (Å²) in [6.45, 7) is 5.56. The number of carbonyl (C=O) groups is 2. The van der Waals surface area contributed by atoms with Gasteiger partial charge in [-0.1, -0.05) is 35.8 Å². The molecule has 0 aliphatic heterocycles. The number of rotatable bonds is 5. The highest BCUT2D eigenvalue weighted by atomic mass is 79.9. The van der Waals surface area contributed by atoms with Crippen molar-refractivity contribution in [1.82, 2.24) is 9.88 Å². The number of nitrogens with one attached hydrogen (secondary N) is 1. The van der Waals surface area contributed by atoms with E-state index in [2.05, 4.69) is 21.2 Å². The molecular formula is C16H19BrN2O2. The Hall–Kier alpha value is -1.62. The van der Waals surface area contributed by atoms with Gasteiger partial charge in [0, 0.05) is 16.2 Å². The third-order valence-corrected chi connectivity index (χ3v) is 3.96. The number of halogens is 1. The van der Waals surface area contributed by atoms with Crippen LogP contribution in [0, 0.1) is 5.92 Å². The first-order chi connectivity index (χ1) is 9.88. The van der Waals surface area contributed by atoms with Crippen LogP contribution in [0.1, 0.15) is 20.8 Å². The van der Waals surface area contributed by atoms with E-state index in [1.807, 2.05) is 48.9 Å². The van der Waals surface area contributed by atoms with Gasteiger partial charge in [0.2, 0.25) is 5.91 Å². The lowest BCUT2D eigenvalue weighted by Gasteiger charge is -2.19. The van der Waals surface area contributed by atoms with Crippen molar-refractivity contribution < 1.29 is 9.59 Å². The van der Waals surface area contributed by atoms with Gasteiger partial charge in [-0.3, -0.25) is 9.59 Å². The summed E-state index contributed by atoms with van der Waals surface area (Å²) in [6, 6.07) is 7.50. The van der Waals surface area contributed by atoms with E-state index in [9.17, 15) is 9.59 Å². The van der Waals surface area contributed by atoms with Crippen molar-refractivity contribution in [2.45, 2.75) is 33.4 Å². The molecule has 0 aliphatic carbocycles. The molecule has 5 heteroatoms. The molecule has 2 rings (SSSR count). The number of ketones is 1. The van der Waals surface area contributed by atoms with Crippen molar-refractivity contribution in [2.75, 3.05) is 0 Å². The summed E-state index contributed by atoms with van der Waals surface area (Å²) < 4.78 is 2.85. The highest BCUT2D eigenvalue weighted by Crippen LogP contribution is 2.20. The first kappa shape index (κ1) is 15.8. The Morgan fingerprint density at radius 3 is 2.62 bits per heavy atom. The number of carbonyl (C=O) groups excluding carboxylic acids is 2. The number of benzene rings is 1. The molecule has 21 heavy (non-hydrogen) atoms. The number of Topliss-reactive ketones (excluding diaryl/α,β-unsaturated/α-hetero) is 1. The Morgan fingerprint density at radius 1 is 1.29 bits per heavy atom. The van der Waals surface area contributed by atoms with E-state index in [1.165, 1.54) is 6.92 Å². The van der Waals surface area contributed by atoms with Crippen molar-refractivity contribution in [3.8, 4) is 0 Å². The summed E-state index contributed by atoms with van der Waals surface area (Å²) in [6.07, 6.45) is 1.88. The second kappa shape index (κ2) is 6.43. The van der Waals surface area contributed by atoms with Gasteiger partial charge in [0.05, 0.1) is 6.04 Å². The third-order valence-electron chi connectivity index (χ3n) is 3.47. The van der Waals surface area contributed by atoms with Gasteiger partial charge < -0.3 is 9.88 Å². The van der Waals surface area contributed by atoms with Crippen molar-refractivity contribution in [3.05, 3.63) is 34.9 Å². The Kier molecular flexibility index (Phi) is 4.83. The largest absolute Gasteiger partial charge is 0.344 e. The van der Waals surface area contributed by atoms with E-state index < -0.39 is 6.04 Å². The maximum atomic E-state index is 12.2. The normalized spacial score (nSPS) is 12.6. The van der Waals surface area contributed by atoms with Crippen LogP contribution in [0.3, 0.4) is 0 Å². The van der Waals surface area contributed by atoms with E-state index in [4.69, 9.17) is 0 Å². The summed E-state index contributed by atoms with van der Waals surface area (Å²) in [7, 11) is 0. The minimum Gasteiger partial charge on any atom is -0.344 e. The average Bonchev–Trinajstić information content (AvgIpc) is 2.78. The van der Waals surface area contributed by atoms with Crippen LogP contribution < -0.4 is 5.32 Å². The van der Waals surface area contributed by atoms with Crippen LogP contribution in [0.25, 0.3) is 10.9 Å². The minimum absolute atomic E-state index is 0.0153. The van der Waals surface area contributed by atoms with Crippen LogP contribution in [0.15, 0.2) is 34.9 Å². The number of aromatic nitrogens is 1. The van der Waals surface area contributed by atoms with E-state index >= 15 is 0 Å². The van der Waals surface area contributed by atoms with Crippen molar-refractivity contribution in [1.29, 1.82) is 0 Å². The molecule has 0 aliphatic rings. The maximum Gasteiger partial charge on any atom is 0.240 e. The standard InChI is InChI=1S/C16H19BrN2O2/c1-10(2)16(11(3)20)18-15(21)9-19-7-6-12-4-5-13(17)8-14(12)19/h4-8,10,16H,9H2,1-3H3,(H,18,21). The first-order valence-corrected chi connectivity index (χ1v) is 7.72. The Labute approximate surface area is 132 Å². The molecule has 1 atom stereocenters. The summed E-state index contributed by atoms with van der Waals surface area (Å²) in [4.78, 5) is 23.7. The quantitative estimate of drug-likeness (QED) is 0.900. The molecule has 0 bridgehead atoms. The molecular weight excluding hydrogens is 332 g/mol. The predicted octanol–water partition coefficient (Wildman–Crippen LogP) is 3.13. The van der Waals surface area contributed by atoms with Gasteiger partial charge >= 0.3 is 0 Å². The fraction of sp³-hybridized carbons (Fsp3) is 0.375. The zero-order chi connectivity index (χ0) is 15.6. The SMILES string of the molecule is CC(=O)C(NC(=O)Cn1ccc2ccc(Br)cc21)C(C)C. The number of amides is 1. The number of hydrogen-bond donors (Lipinski definition) is 1. The lowest BCUT2D eigenvalue weighted by Crippen LogP contribution is -2.44. The molecule has 1 unspecified atom stereocenters. The zero-order valence-corrected chi connectivity index (χ0v) is 14.0. The Morgan fingerprint density at radius 2 is 2.00 bits per heavy atom. The summed E-state index contributed by atoms with van der Waals surface area (Å²) in [5.74, 6) is -0.0816. The Balaban J connectivity index is 2.14. The van der Waals surface area contributed by atoms with E-state index in [1.54, 1.807) is 0 Å². The van der Waals surface area contributed by atoms with Gasteiger partial charge in [-0.05, 0) is 36.4 Å². The molecule has 1 aromatic carbocycles. The summed E-state index contributed by atoms with van der Waals surface area (Å²) in [5.41, 5.74) is 0.989. The van der Waals surface area contributed by atoms with Crippen LogP contribution in [-0.4, -0.2) is 22.3 Å². The van der Waals surface area contributed by atoms with Crippen LogP contribution in [-0.2, 0) is 16.1 Å². The molecule has 1 heterocycles. The second-order valence-corrected chi connectivity index (χ2v) is 6.46. The van der Waals surface area contributed by atoms with Crippen molar-refractivity contribution in [2.24, 2.45) is 5.92 Å². The molecule has 1 N–H and O–H groups in total. The molecule has 1 amide bonds. The first-order valence-electron chi connectivity index (χ1n) is 6.92. The highest BCUT2D eigenvalue weighted by Gasteiger charge is 2.20. The highest BCUT2D eigenvalue weighted by molar-refractivity contribution is 9.10. The van der Waals surface area contributed by atoms with Gasteiger partial charge in [-0.15, -0.1) is 0 Å². The van der Waals surface area contributed by atoms with Crippen LogP contribution in [0.2, 0.25) is 0 Å². The molecule has 0 spiro atoms. The Bertz CT molecular complexity index is 676. The fourth-order valence-corrected chi connectivity index (χ4v) is 2.76. The van der Waals surface area contributed by atoms with Gasteiger partial charge in [0.25, 0.3) is 0 Å². The summed E-state index contributed by atoms with van der Waals surface area (Å²) in [5, 5.41) is 3.89. The van der Waals surface area contributed by atoms with Crippen LogP contribution in [0.4, 0.5) is 0 Å². The molecule has 1 aromatic heterocycles. The van der Waals surface area contributed by atoms with Gasteiger partial charge in [-0.2, -0.15) is 0 Å². The molecule has 2 aromatic rings. The van der Waals surface area contributed by atoms with Crippen molar-refractivity contribution >= 4 is 38.5 Å². The summed E-state index contributed by atoms with van der Waals surface area (Å²) >= 11 is 3.44. The number of nitrogens with zero attached hydrogens (tertiary/aromatic N) is 1. The third kappa shape index (κ3) is 3.73. The van der Waals surface area contributed by atoms with Gasteiger partial charge in [-0.25, -0.2) is 0 Å². The maximum absolute atomic E-state index is 12.2. The van der Waals surface area contributed by atoms with E-state index in [-0.39, 0.29) is 24.2 Å². The number of hydrogen-bond acceptors (Lipinski definition) is 2. The topological polar surface area (TPSA) is 51.1 Å². The zero-order valence-electron chi connectivity index (χ0n) is 12.4. The smallest absolute Gasteiger partial charge is 0.240 e. The van der Waals surface area contributed by atoms with Crippen LogP contribution in [0.5, 0.6) is 0 Å². The molecule has 4 nitrogen and oxygen atoms in total. The molecule has 0 saturated heterocycles. The van der Waals surface area contributed by atoms with Crippen molar-refractivity contribution in [3.63, 3.8) is 0 Å².